The first kappa shape index (κ1) is 9.22. The minimum atomic E-state index is 0.552. The van der Waals surface area contributed by atoms with Crippen molar-refractivity contribution in [3.8, 4) is 6.07 Å². The van der Waals surface area contributed by atoms with Crippen LogP contribution in [0.25, 0.3) is 5.57 Å². The standard InChI is InChI=1S/C12H9N3/c13-9-10(11-5-1-3-7-14-11)12-6-2-4-8-15-12/h1-8,14H/b11-10+. The Balaban J connectivity index is 2.46. The van der Waals surface area contributed by atoms with Gasteiger partial charge in [-0.15, -0.1) is 0 Å². The molecule has 1 aliphatic heterocycles. The number of nitrogens with zero attached hydrogens (tertiary/aromatic N) is 2. The van der Waals surface area contributed by atoms with Crippen LogP contribution in [0.2, 0.25) is 0 Å². The van der Waals surface area contributed by atoms with Crippen molar-refractivity contribution >= 4 is 5.57 Å². The van der Waals surface area contributed by atoms with E-state index in [1.807, 2.05) is 36.4 Å². The molecule has 1 N–H and O–H groups in total. The SMILES string of the molecule is N#C/C(=C1/C=CC=CN1)c1ccccn1. The van der Waals surface area contributed by atoms with Gasteiger partial charge in [-0.25, -0.2) is 0 Å². The summed E-state index contributed by atoms with van der Waals surface area (Å²) in [4.78, 5) is 4.15. The fourth-order valence-corrected chi connectivity index (χ4v) is 1.31. The fraction of sp³-hybridized carbons (Fsp3) is 0. The highest BCUT2D eigenvalue weighted by Gasteiger charge is 2.07. The molecule has 0 aromatic carbocycles. The van der Waals surface area contributed by atoms with Gasteiger partial charge in [-0.2, -0.15) is 5.26 Å². The Kier molecular flexibility index (Phi) is 2.61. The van der Waals surface area contributed by atoms with Crippen molar-refractivity contribution < 1.29 is 0 Å². The van der Waals surface area contributed by atoms with Gasteiger partial charge < -0.3 is 5.32 Å². The molecule has 0 bridgehead atoms. The zero-order valence-corrected chi connectivity index (χ0v) is 8.01. The second-order valence-electron chi connectivity index (χ2n) is 2.98. The van der Waals surface area contributed by atoms with Gasteiger partial charge in [0, 0.05) is 12.4 Å². The second kappa shape index (κ2) is 4.25. The number of hydrogen-bond donors (Lipinski definition) is 1. The van der Waals surface area contributed by atoms with Crippen LogP contribution >= 0.6 is 0 Å². The molecule has 0 atom stereocenters. The Morgan fingerprint density at radius 3 is 2.87 bits per heavy atom. The molecule has 0 amide bonds. The molecule has 0 radical (unpaired) electrons. The first-order valence-corrected chi connectivity index (χ1v) is 4.57. The smallest absolute Gasteiger partial charge is 0.104 e. The molecule has 3 nitrogen and oxygen atoms in total. The molecule has 3 heteroatoms. The van der Waals surface area contributed by atoms with Gasteiger partial charge in [0.25, 0.3) is 0 Å². The van der Waals surface area contributed by atoms with E-state index >= 15 is 0 Å². The number of hydrogen-bond acceptors (Lipinski definition) is 3. The summed E-state index contributed by atoms with van der Waals surface area (Å²) in [6.45, 7) is 0. The lowest BCUT2D eigenvalue weighted by molar-refractivity contribution is 1.09. The van der Waals surface area contributed by atoms with Crippen molar-refractivity contribution in [3.05, 3.63) is 60.2 Å². The van der Waals surface area contributed by atoms with Gasteiger partial charge >= 0.3 is 0 Å². The zero-order valence-electron chi connectivity index (χ0n) is 8.01. The molecule has 2 rings (SSSR count). The van der Waals surface area contributed by atoms with Crippen molar-refractivity contribution in [1.29, 1.82) is 5.26 Å². The maximum absolute atomic E-state index is 9.09. The first-order valence-electron chi connectivity index (χ1n) is 4.57. The van der Waals surface area contributed by atoms with E-state index in [1.165, 1.54) is 0 Å². The number of allylic oxidation sites excluding steroid dienone is 4. The maximum atomic E-state index is 9.09. The molecular formula is C12H9N3. The summed E-state index contributed by atoms with van der Waals surface area (Å²) in [6, 6.07) is 7.67. The third-order valence-electron chi connectivity index (χ3n) is 2.01. The molecule has 0 spiro atoms. The van der Waals surface area contributed by atoms with Crippen molar-refractivity contribution in [2.75, 3.05) is 0 Å². The van der Waals surface area contributed by atoms with Crippen LogP contribution in [0.15, 0.2) is 54.5 Å². The van der Waals surface area contributed by atoms with E-state index in [0.29, 0.717) is 11.3 Å². The van der Waals surface area contributed by atoms with E-state index in [0.717, 1.165) is 5.70 Å². The van der Waals surface area contributed by atoms with E-state index < -0.39 is 0 Å². The van der Waals surface area contributed by atoms with Gasteiger partial charge in [0.1, 0.15) is 11.6 Å². The van der Waals surface area contributed by atoms with Crippen LogP contribution in [0.1, 0.15) is 5.69 Å². The van der Waals surface area contributed by atoms with Gasteiger partial charge in [-0.1, -0.05) is 12.1 Å². The Morgan fingerprint density at radius 2 is 2.27 bits per heavy atom. The quantitative estimate of drug-likeness (QED) is 0.697. The lowest BCUT2D eigenvalue weighted by atomic mass is 10.1. The minimum Gasteiger partial charge on any atom is -0.361 e. The fourth-order valence-electron chi connectivity index (χ4n) is 1.31. The van der Waals surface area contributed by atoms with E-state index in [4.69, 9.17) is 5.26 Å². The largest absolute Gasteiger partial charge is 0.361 e. The third kappa shape index (κ3) is 1.94. The molecule has 72 valence electrons. The summed E-state index contributed by atoms with van der Waals surface area (Å²) in [5.41, 5.74) is 2.01. The molecule has 0 unspecified atom stereocenters. The van der Waals surface area contributed by atoms with Crippen LogP contribution in [0.4, 0.5) is 0 Å². The molecule has 0 aliphatic carbocycles. The monoisotopic (exact) mass is 195 g/mol. The highest BCUT2D eigenvalue weighted by molar-refractivity contribution is 5.79. The predicted octanol–water partition coefficient (Wildman–Crippen LogP) is 1.99. The second-order valence-corrected chi connectivity index (χ2v) is 2.98. The van der Waals surface area contributed by atoms with Crippen molar-refractivity contribution in [1.82, 2.24) is 10.3 Å². The van der Waals surface area contributed by atoms with Gasteiger partial charge in [-0.3, -0.25) is 4.98 Å². The van der Waals surface area contributed by atoms with Crippen LogP contribution in [-0.2, 0) is 0 Å². The lowest BCUT2D eigenvalue weighted by Crippen LogP contribution is -2.07. The van der Waals surface area contributed by atoms with Gasteiger partial charge in [0.05, 0.1) is 11.4 Å². The van der Waals surface area contributed by atoms with Crippen molar-refractivity contribution in [2.24, 2.45) is 0 Å². The number of aromatic nitrogens is 1. The molecule has 1 aromatic heterocycles. The van der Waals surface area contributed by atoms with Crippen LogP contribution in [-0.4, -0.2) is 4.98 Å². The maximum Gasteiger partial charge on any atom is 0.104 e. The van der Waals surface area contributed by atoms with E-state index in [1.54, 1.807) is 12.4 Å². The van der Waals surface area contributed by atoms with Crippen LogP contribution < -0.4 is 5.32 Å². The van der Waals surface area contributed by atoms with Crippen LogP contribution in [0.5, 0.6) is 0 Å². The summed E-state index contributed by atoms with van der Waals surface area (Å²) in [5, 5.41) is 12.1. The summed E-state index contributed by atoms with van der Waals surface area (Å²) < 4.78 is 0. The topological polar surface area (TPSA) is 48.7 Å². The first-order chi connectivity index (χ1) is 7.42. The molecule has 0 saturated carbocycles. The Labute approximate surface area is 88.1 Å². The zero-order chi connectivity index (χ0) is 10.5. The highest BCUT2D eigenvalue weighted by Crippen LogP contribution is 2.16. The van der Waals surface area contributed by atoms with E-state index in [-0.39, 0.29) is 0 Å². The normalized spacial score (nSPS) is 16.7. The van der Waals surface area contributed by atoms with Gasteiger partial charge in [-0.05, 0) is 24.3 Å². The number of pyridine rings is 1. The van der Waals surface area contributed by atoms with E-state index in [2.05, 4.69) is 16.4 Å². The number of nitriles is 1. The number of rotatable bonds is 1. The van der Waals surface area contributed by atoms with Crippen molar-refractivity contribution in [2.45, 2.75) is 0 Å². The Bertz CT molecular complexity index is 475. The third-order valence-corrected chi connectivity index (χ3v) is 2.01. The average molecular weight is 195 g/mol. The van der Waals surface area contributed by atoms with Crippen LogP contribution in [0.3, 0.4) is 0 Å². The van der Waals surface area contributed by atoms with E-state index in [9.17, 15) is 0 Å². The van der Waals surface area contributed by atoms with Gasteiger partial charge in [0.2, 0.25) is 0 Å². The predicted molar refractivity (Wildman–Crippen MR) is 58.2 cm³/mol. The van der Waals surface area contributed by atoms with Crippen LogP contribution in [0, 0.1) is 11.3 Å². The average Bonchev–Trinajstić information content (AvgIpc) is 2.33. The highest BCUT2D eigenvalue weighted by atomic mass is 14.9. The molecule has 1 aliphatic rings. The molecule has 0 fully saturated rings. The minimum absolute atomic E-state index is 0.552. The molecule has 2 heterocycles. The molecule has 15 heavy (non-hydrogen) atoms. The summed E-state index contributed by atoms with van der Waals surface area (Å²) in [5.74, 6) is 0. The Morgan fingerprint density at radius 1 is 1.33 bits per heavy atom. The summed E-state index contributed by atoms with van der Waals surface area (Å²) in [7, 11) is 0. The summed E-state index contributed by atoms with van der Waals surface area (Å²) in [6.07, 6.45) is 9.07. The Hall–Kier alpha value is -2.34. The van der Waals surface area contributed by atoms with Gasteiger partial charge in [0.15, 0.2) is 0 Å². The number of nitrogens with one attached hydrogen (secondary N) is 1. The molecule has 1 aromatic rings. The van der Waals surface area contributed by atoms with Crippen molar-refractivity contribution in [3.63, 3.8) is 0 Å². The molecular weight excluding hydrogens is 186 g/mol. The lowest BCUT2D eigenvalue weighted by Gasteiger charge is -2.08. The number of dihydropyridines is 1. The summed E-state index contributed by atoms with van der Waals surface area (Å²) >= 11 is 0. The molecule has 0 saturated heterocycles.